The predicted molar refractivity (Wildman–Crippen MR) is 117 cm³/mol. The van der Waals surface area contributed by atoms with E-state index in [0.29, 0.717) is 5.02 Å². The van der Waals surface area contributed by atoms with Crippen molar-refractivity contribution >= 4 is 34.1 Å². The molecule has 0 aliphatic rings. The minimum atomic E-state index is -0.359. The zero-order valence-corrected chi connectivity index (χ0v) is 17.0. The van der Waals surface area contributed by atoms with Crippen LogP contribution >= 0.6 is 11.6 Å². The molecule has 0 spiro atoms. The lowest BCUT2D eigenvalue weighted by molar-refractivity contribution is 0.209. The van der Waals surface area contributed by atoms with Gasteiger partial charge < -0.3 is 14.8 Å². The van der Waals surface area contributed by atoms with E-state index >= 15 is 0 Å². The van der Waals surface area contributed by atoms with Crippen molar-refractivity contribution in [1.29, 1.82) is 0 Å². The molecule has 0 radical (unpaired) electrons. The SMILES string of the molecule is CN(C(=O)Nc1cccc2ccccc12)C(c1ccc(Cl)cc1)c1nccn1C. The number of benzene rings is 3. The highest BCUT2D eigenvalue weighted by atomic mass is 35.5. The Morgan fingerprint density at radius 2 is 1.79 bits per heavy atom. The van der Waals surface area contributed by atoms with Crippen LogP contribution in [0.3, 0.4) is 0 Å². The molecule has 29 heavy (non-hydrogen) atoms. The average molecular weight is 405 g/mol. The number of anilines is 1. The second-order valence-electron chi connectivity index (χ2n) is 6.92. The van der Waals surface area contributed by atoms with Crippen LogP contribution in [0.25, 0.3) is 10.8 Å². The number of fused-ring (bicyclic) bond motifs is 1. The third-order valence-electron chi connectivity index (χ3n) is 5.03. The maximum Gasteiger partial charge on any atom is 0.322 e. The van der Waals surface area contributed by atoms with Gasteiger partial charge in [0.05, 0.1) is 5.69 Å². The minimum Gasteiger partial charge on any atom is -0.336 e. The first kappa shape index (κ1) is 19.0. The molecule has 1 heterocycles. The van der Waals surface area contributed by atoms with Crippen molar-refractivity contribution in [1.82, 2.24) is 14.5 Å². The molecule has 2 amide bonds. The van der Waals surface area contributed by atoms with Crippen molar-refractivity contribution in [3.63, 3.8) is 0 Å². The Hall–Kier alpha value is -3.31. The van der Waals surface area contributed by atoms with Gasteiger partial charge in [-0.25, -0.2) is 9.78 Å². The first-order chi connectivity index (χ1) is 14.0. The summed E-state index contributed by atoms with van der Waals surface area (Å²) in [6.45, 7) is 0. The summed E-state index contributed by atoms with van der Waals surface area (Å²) in [5.74, 6) is 0.767. The van der Waals surface area contributed by atoms with Crippen molar-refractivity contribution in [2.24, 2.45) is 7.05 Å². The molecule has 146 valence electrons. The first-order valence-electron chi connectivity index (χ1n) is 9.29. The molecule has 0 bridgehead atoms. The van der Waals surface area contributed by atoms with E-state index in [2.05, 4.69) is 10.3 Å². The number of aromatic nitrogens is 2. The molecule has 0 saturated heterocycles. The molecule has 5 nitrogen and oxygen atoms in total. The second-order valence-corrected chi connectivity index (χ2v) is 7.35. The number of halogens is 1. The molecule has 1 aromatic heterocycles. The molecule has 0 saturated carbocycles. The lowest BCUT2D eigenvalue weighted by atomic mass is 10.0. The Balaban J connectivity index is 1.68. The number of nitrogens with zero attached hydrogens (tertiary/aromatic N) is 3. The van der Waals surface area contributed by atoms with E-state index in [1.165, 1.54) is 0 Å². The Kier molecular flexibility index (Phi) is 5.23. The van der Waals surface area contributed by atoms with Crippen LogP contribution in [-0.2, 0) is 7.05 Å². The number of aryl methyl sites for hydroxylation is 1. The van der Waals surface area contributed by atoms with Gasteiger partial charge in [-0.2, -0.15) is 0 Å². The number of hydrogen-bond donors (Lipinski definition) is 1. The zero-order valence-electron chi connectivity index (χ0n) is 16.2. The van der Waals surface area contributed by atoms with Crippen LogP contribution in [0.4, 0.5) is 10.5 Å². The van der Waals surface area contributed by atoms with Crippen molar-refractivity contribution in [3.8, 4) is 0 Å². The smallest absolute Gasteiger partial charge is 0.322 e. The van der Waals surface area contributed by atoms with Gasteiger partial charge in [0.15, 0.2) is 0 Å². The average Bonchev–Trinajstić information content (AvgIpc) is 3.15. The lowest BCUT2D eigenvalue weighted by Crippen LogP contribution is -2.36. The van der Waals surface area contributed by atoms with E-state index in [0.717, 1.165) is 27.8 Å². The maximum atomic E-state index is 13.2. The van der Waals surface area contributed by atoms with E-state index in [1.807, 2.05) is 84.5 Å². The Bertz CT molecular complexity index is 1150. The van der Waals surface area contributed by atoms with Crippen LogP contribution in [0, 0.1) is 0 Å². The van der Waals surface area contributed by atoms with Crippen LogP contribution in [0.2, 0.25) is 5.02 Å². The van der Waals surface area contributed by atoms with Gasteiger partial charge in [0.25, 0.3) is 0 Å². The summed E-state index contributed by atoms with van der Waals surface area (Å²) in [5.41, 5.74) is 1.70. The fourth-order valence-corrected chi connectivity index (χ4v) is 3.61. The summed E-state index contributed by atoms with van der Waals surface area (Å²) in [5, 5.41) is 5.77. The van der Waals surface area contributed by atoms with Gasteiger partial charge in [0, 0.05) is 36.9 Å². The molecule has 0 aliphatic heterocycles. The largest absolute Gasteiger partial charge is 0.336 e. The van der Waals surface area contributed by atoms with Gasteiger partial charge in [0.1, 0.15) is 11.9 Å². The molecule has 4 aromatic rings. The van der Waals surface area contributed by atoms with Crippen LogP contribution in [0.15, 0.2) is 79.1 Å². The van der Waals surface area contributed by atoms with Gasteiger partial charge in [-0.3, -0.25) is 0 Å². The van der Waals surface area contributed by atoms with Gasteiger partial charge in [-0.1, -0.05) is 60.1 Å². The van der Waals surface area contributed by atoms with E-state index in [-0.39, 0.29) is 12.1 Å². The summed E-state index contributed by atoms with van der Waals surface area (Å²) < 4.78 is 1.92. The molecule has 4 rings (SSSR count). The van der Waals surface area contributed by atoms with Crippen molar-refractivity contribution in [2.45, 2.75) is 6.04 Å². The molecule has 1 N–H and O–H groups in total. The molecule has 0 fully saturated rings. The number of rotatable bonds is 4. The number of imidazole rings is 1. The molecule has 1 atom stereocenters. The fraction of sp³-hybridized carbons (Fsp3) is 0.130. The van der Waals surface area contributed by atoms with Gasteiger partial charge in [0.2, 0.25) is 0 Å². The summed E-state index contributed by atoms with van der Waals surface area (Å²) in [7, 11) is 3.69. The molecule has 1 unspecified atom stereocenters. The number of hydrogen-bond acceptors (Lipinski definition) is 2. The van der Waals surface area contributed by atoms with Crippen molar-refractivity contribution in [2.75, 3.05) is 12.4 Å². The topological polar surface area (TPSA) is 50.2 Å². The van der Waals surface area contributed by atoms with E-state index < -0.39 is 0 Å². The zero-order chi connectivity index (χ0) is 20.4. The van der Waals surface area contributed by atoms with Gasteiger partial charge in [-0.05, 0) is 29.1 Å². The van der Waals surface area contributed by atoms with E-state index in [4.69, 9.17) is 11.6 Å². The third kappa shape index (κ3) is 3.82. The summed E-state index contributed by atoms with van der Waals surface area (Å²) in [6, 6.07) is 20.8. The molecule has 6 heteroatoms. The highest BCUT2D eigenvalue weighted by Crippen LogP contribution is 2.29. The Labute approximate surface area is 174 Å². The van der Waals surface area contributed by atoms with Crippen LogP contribution < -0.4 is 5.32 Å². The van der Waals surface area contributed by atoms with E-state index in [1.54, 1.807) is 18.1 Å². The molecule has 3 aromatic carbocycles. The molecule has 0 aliphatic carbocycles. The number of amides is 2. The highest BCUT2D eigenvalue weighted by molar-refractivity contribution is 6.30. The maximum absolute atomic E-state index is 13.2. The van der Waals surface area contributed by atoms with Crippen LogP contribution in [-0.4, -0.2) is 27.5 Å². The van der Waals surface area contributed by atoms with Crippen molar-refractivity contribution in [3.05, 3.63) is 95.5 Å². The number of nitrogens with one attached hydrogen (secondary N) is 1. The number of carbonyl (C=O) groups is 1. The standard InChI is InChI=1S/C23H21ClN4O/c1-27-15-14-25-22(27)21(17-10-12-18(24)13-11-17)28(2)23(29)26-20-9-5-7-16-6-3-4-8-19(16)20/h3-15,21H,1-2H3,(H,26,29). The Morgan fingerprint density at radius 3 is 2.52 bits per heavy atom. The summed E-state index contributed by atoms with van der Waals surface area (Å²) in [6.07, 6.45) is 3.60. The van der Waals surface area contributed by atoms with Crippen LogP contribution in [0.5, 0.6) is 0 Å². The van der Waals surface area contributed by atoms with E-state index in [9.17, 15) is 4.79 Å². The summed E-state index contributed by atoms with van der Waals surface area (Å²) >= 11 is 6.06. The fourth-order valence-electron chi connectivity index (χ4n) is 3.49. The molecular formula is C23H21ClN4O. The highest BCUT2D eigenvalue weighted by Gasteiger charge is 2.27. The minimum absolute atomic E-state index is 0.218. The quantitative estimate of drug-likeness (QED) is 0.489. The third-order valence-corrected chi connectivity index (χ3v) is 5.28. The monoisotopic (exact) mass is 404 g/mol. The number of urea groups is 1. The second kappa shape index (κ2) is 7.97. The normalized spacial score (nSPS) is 12.0. The first-order valence-corrected chi connectivity index (χ1v) is 9.66. The lowest BCUT2D eigenvalue weighted by Gasteiger charge is -2.28. The van der Waals surface area contributed by atoms with Gasteiger partial charge in [-0.15, -0.1) is 0 Å². The van der Waals surface area contributed by atoms with Crippen LogP contribution in [0.1, 0.15) is 17.4 Å². The molecular weight excluding hydrogens is 384 g/mol. The van der Waals surface area contributed by atoms with Gasteiger partial charge >= 0.3 is 6.03 Å². The predicted octanol–water partition coefficient (Wildman–Crippen LogP) is 5.48. The number of carbonyl (C=O) groups excluding carboxylic acids is 1. The Morgan fingerprint density at radius 1 is 1.07 bits per heavy atom. The summed E-state index contributed by atoms with van der Waals surface area (Å²) in [4.78, 5) is 19.3. The van der Waals surface area contributed by atoms with Crippen molar-refractivity contribution < 1.29 is 4.79 Å².